The number of phenolic OH excluding ortho intramolecular Hbond substituents is 2. The number of hydrogen-bond acceptors (Lipinski definition) is 4. The molecular weight excluding hydrogens is 366 g/mol. The molecule has 6 nitrogen and oxygen atoms in total. The van der Waals surface area contributed by atoms with Crippen LogP contribution in [-0.4, -0.2) is 25.7 Å². The summed E-state index contributed by atoms with van der Waals surface area (Å²) in [5.74, 6) is 0.0491. The maximum absolute atomic E-state index is 12.0. The molecule has 3 aromatic rings. The average molecular weight is 386 g/mol. The number of halogens is 1. The van der Waals surface area contributed by atoms with Crippen LogP contribution in [0, 0.1) is 6.92 Å². The summed E-state index contributed by atoms with van der Waals surface area (Å²) in [6.45, 7) is 2.71. The summed E-state index contributed by atoms with van der Waals surface area (Å²) in [6.07, 6.45) is 6.10. The minimum Gasteiger partial charge on any atom is -0.508 e. The van der Waals surface area contributed by atoms with Crippen LogP contribution in [0.1, 0.15) is 16.7 Å². The van der Waals surface area contributed by atoms with Gasteiger partial charge in [-0.15, -0.1) is 12.4 Å². The number of rotatable bonds is 5. The van der Waals surface area contributed by atoms with Crippen LogP contribution in [0.4, 0.5) is 5.82 Å². The zero-order valence-electron chi connectivity index (χ0n) is 14.7. The lowest BCUT2D eigenvalue weighted by molar-refractivity contribution is -0.111. The van der Waals surface area contributed by atoms with Gasteiger partial charge in [-0.3, -0.25) is 4.79 Å². The smallest absolute Gasteiger partial charge is 0.249 e. The Morgan fingerprint density at radius 2 is 2.04 bits per heavy atom. The van der Waals surface area contributed by atoms with E-state index in [1.807, 2.05) is 29.7 Å². The summed E-state index contributed by atoms with van der Waals surface area (Å²) in [4.78, 5) is 16.2. The van der Waals surface area contributed by atoms with Crippen molar-refractivity contribution in [3.05, 3.63) is 77.8 Å². The minimum atomic E-state index is -0.381. The van der Waals surface area contributed by atoms with Crippen molar-refractivity contribution >= 4 is 30.2 Å². The van der Waals surface area contributed by atoms with E-state index >= 15 is 0 Å². The highest BCUT2D eigenvalue weighted by atomic mass is 35.5. The molecule has 3 N–H and O–H groups in total. The zero-order valence-corrected chi connectivity index (χ0v) is 15.5. The van der Waals surface area contributed by atoms with E-state index < -0.39 is 0 Å². The molecule has 0 aliphatic rings. The second-order valence-corrected chi connectivity index (χ2v) is 5.99. The lowest BCUT2D eigenvalue weighted by Crippen LogP contribution is -2.08. The third-order valence-electron chi connectivity index (χ3n) is 3.76. The van der Waals surface area contributed by atoms with Gasteiger partial charge in [-0.05, 0) is 36.8 Å². The monoisotopic (exact) mass is 385 g/mol. The summed E-state index contributed by atoms with van der Waals surface area (Å²) in [5.41, 5.74) is 2.70. The van der Waals surface area contributed by atoms with E-state index in [0.717, 1.165) is 5.56 Å². The van der Waals surface area contributed by atoms with Crippen molar-refractivity contribution in [2.75, 3.05) is 5.32 Å². The number of imidazole rings is 1. The Bertz CT molecular complexity index is 967. The molecule has 1 amide bonds. The quantitative estimate of drug-likeness (QED) is 0.461. The molecule has 1 heterocycles. The van der Waals surface area contributed by atoms with Gasteiger partial charge in [-0.1, -0.05) is 29.8 Å². The van der Waals surface area contributed by atoms with Crippen LogP contribution in [0.3, 0.4) is 0 Å². The number of aryl methyl sites for hydroxylation is 1. The Balaban J connectivity index is 0.00000261. The predicted octanol–water partition coefficient (Wildman–Crippen LogP) is 3.72. The largest absolute Gasteiger partial charge is 0.508 e. The van der Waals surface area contributed by atoms with E-state index in [2.05, 4.69) is 16.4 Å². The molecule has 7 heteroatoms. The number of hydrogen-bond donors (Lipinski definition) is 3. The molecular formula is C20H20ClN3O3. The topological polar surface area (TPSA) is 87.4 Å². The summed E-state index contributed by atoms with van der Waals surface area (Å²) in [5, 5.41) is 21.8. The van der Waals surface area contributed by atoms with Crippen LogP contribution < -0.4 is 5.32 Å². The number of anilines is 1. The number of aromatic hydroxyl groups is 2. The number of carbonyl (C=O) groups is 1. The third kappa shape index (κ3) is 5.62. The van der Waals surface area contributed by atoms with Crippen LogP contribution in [0.2, 0.25) is 0 Å². The number of nitrogens with zero attached hydrogens (tertiary/aromatic N) is 2. The van der Waals surface area contributed by atoms with Gasteiger partial charge in [0, 0.05) is 24.4 Å². The number of nitrogens with one attached hydrogen (secondary N) is 1. The highest BCUT2D eigenvalue weighted by Gasteiger charge is 2.04. The standard InChI is InChI=1S/C20H19N3O3.ClH/c1-14-3-2-4-15(9-14)11-23-12-19(21-13-23)22-20(26)8-5-16-10-17(24)6-7-18(16)25;/h2-10,12-13,24-25H,11H2,1H3,(H,22,26);1H/b8-5+;. The molecule has 0 radical (unpaired) electrons. The molecule has 0 aliphatic carbocycles. The van der Waals surface area contributed by atoms with Crippen LogP contribution in [0.5, 0.6) is 11.5 Å². The molecule has 1 aromatic heterocycles. The maximum Gasteiger partial charge on any atom is 0.249 e. The Kier molecular flexibility index (Phi) is 6.62. The number of phenols is 2. The van der Waals surface area contributed by atoms with Crippen molar-refractivity contribution in [1.29, 1.82) is 0 Å². The van der Waals surface area contributed by atoms with E-state index in [4.69, 9.17) is 0 Å². The van der Waals surface area contributed by atoms with Crippen LogP contribution >= 0.6 is 12.4 Å². The van der Waals surface area contributed by atoms with E-state index in [1.165, 1.54) is 35.9 Å². The van der Waals surface area contributed by atoms with Gasteiger partial charge in [-0.2, -0.15) is 0 Å². The third-order valence-corrected chi connectivity index (χ3v) is 3.76. The summed E-state index contributed by atoms with van der Waals surface area (Å²) >= 11 is 0. The van der Waals surface area contributed by atoms with Crippen molar-refractivity contribution in [1.82, 2.24) is 9.55 Å². The molecule has 0 aliphatic heterocycles. The number of amides is 1. The average Bonchev–Trinajstić information content (AvgIpc) is 3.02. The molecule has 0 atom stereocenters. The fraction of sp³-hybridized carbons (Fsp3) is 0.100. The maximum atomic E-state index is 12.0. The van der Waals surface area contributed by atoms with Crippen LogP contribution in [0.15, 0.2) is 61.1 Å². The molecule has 2 aromatic carbocycles. The van der Waals surface area contributed by atoms with E-state index in [9.17, 15) is 15.0 Å². The number of aromatic nitrogens is 2. The van der Waals surface area contributed by atoms with Gasteiger partial charge in [0.1, 0.15) is 11.5 Å². The predicted molar refractivity (Wildman–Crippen MR) is 107 cm³/mol. The van der Waals surface area contributed by atoms with E-state index in [0.29, 0.717) is 17.9 Å². The van der Waals surface area contributed by atoms with Crippen LogP contribution in [0.25, 0.3) is 6.08 Å². The number of benzene rings is 2. The highest BCUT2D eigenvalue weighted by Crippen LogP contribution is 2.23. The Labute approximate surface area is 163 Å². The molecule has 27 heavy (non-hydrogen) atoms. The Hall–Kier alpha value is -3.25. The summed E-state index contributed by atoms with van der Waals surface area (Å²) in [6, 6.07) is 12.3. The van der Waals surface area contributed by atoms with Crippen molar-refractivity contribution in [3.63, 3.8) is 0 Å². The van der Waals surface area contributed by atoms with E-state index in [-0.39, 0.29) is 29.8 Å². The van der Waals surface area contributed by atoms with Gasteiger partial charge in [0.15, 0.2) is 5.82 Å². The Morgan fingerprint density at radius 1 is 1.22 bits per heavy atom. The molecule has 0 spiro atoms. The molecule has 3 rings (SSSR count). The molecule has 0 saturated heterocycles. The fourth-order valence-electron chi connectivity index (χ4n) is 2.54. The van der Waals surface area contributed by atoms with Gasteiger partial charge in [-0.25, -0.2) is 4.98 Å². The number of carbonyl (C=O) groups excluding carboxylic acids is 1. The fourth-order valence-corrected chi connectivity index (χ4v) is 2.54. The van der Waals surface area contributed by atoms with E-state index in [1.54, 1.807) is 12.5 Å². The van der Waals surface area contributed by atoms with Crippen molar-refractivity contribution < 1.29 is 15.0 Å². The first-order valence-electron chi connectivity index (χ1n) is 8.08. The highest BCUT2D eigenvalue weighted by molar-refractivity contribution is 6.01. The van der Waals surface area contributed by atoms with Gasteiger partial charge in [0.05, 0.1) is 6.33 Å². The first kappa shape index (κ1) is 20.1. The lowest BCUT2D eigenvalue weighted by Gasteiger charge is -2.03. The van der Waals surface area contributed by atoms with Crippen molar-refractivity contribution in [2.24, 2.45) is 0 Å². The first-order chi connectivity index (χ1) is 12.5. The minimum absolute atomic E-state index is 0. The van der Waals surface area contributed by atoms with Crippen molar-refractivity contribution in [2.45, 2.75) is 13.5 Å². The molecule has 140 valence electrons. The second-order valence-electron chi connectivity index (χ2n) is 5.99. The van der Waals surface area contributed by atoms with Crippen molar-refractivity contribution in [3.8, 4) is 11.5 Å². The SMILES string of the molecule is Cc1cccc(Cn2cnc(NC(=O)/C=C/c3cc(O)ccc3O)c2)c1.Cl. The molecule has 0 saturated carbocycles. The first-order valence-corrected chi connectivity index (χ1v) is 8.08. The second kappa shape index (κ2) is 8.91. The van der Waals surface area contributed by atoms with Crippen LogP contribution in [-0.2, 0) is 11.3 Å². The summed E-state index contributed by atoms with van der Waals surface area (Å²) in [7, 11) is 0. The van der Waals surface area contributed by atoms with Gasteiger partial charge in [0.25, 0.3) is 0 Å². The van der Waals surface area contributed by atoms with Gasteiger partial charge in [0.2, 0.25) is 5.91 Å². The zero-order chi connectivity index (χ0) is 18.5. The molecule has 0 bridgehead atoms. The molecule has 0 fully saturated rings. The van der Waals surface area contributed by atoms with Gasteiger partial charge >= 0.3 is 0 Å². The lowest BCUT2D eigenvalue weighted by atomic mass is 10.1. The normalized spacial score (nSPS) is 10.6. The summed E-state index contributed by atoms with van der Waals surface area (Å²) < 4.78 is 1.88. The molecule has 0 unspecified atom stereocenters. The van der Waals surface area contributed by atoms with Gasteiger partial charge < -0.3 is 20.1 Å². The Morgan fingerprint density at radius 3 is 2.81 bits per heavy atom.